The summed E-state index contributed by atoms with van der Waals surface area (Å²) in [4.78, 5) is 60.1. The third-order valence-electron chi connectivity index (χ3n) is 17.3. The van der Waals surface area contributed by atoms with Crippen molar-refractivity contribution in [2.75, 3.05) is 67.5 Å². The normalized spacial score (nSPS) is 14.2. The third kappa shape index (κ3) is 14.5. The molecule has 0 saturated heterocycles. The second-order valence-electron chi connectivity index (χ2n) is 24.3. The van der Waals surface area contributed by atoms with Gasteiger partial charge in [-0.15, -0.1) is 0 Å². The Morgan fingerprint density at radius 2 is 0.500 bits per heavy atom. The van der Waals surface area contributed by atoms with Crippen molar-refractivity contribution in [1.29, 1.82) is 0 Å². The molecule has 5 aromatic carbocycles. The van der Waals surface area contributed by atoms with Gasteiger partial charge in [0, 0.05) is 59.0 Å². The minimum atomic E-state index is -0.229. The molecule has 8 heteroatoms. The molecule has 0 atom stereocenters. The molecule has 2 aliphatic rings. The number of benzene rings is 5. The Kier molecular flexibility index (Phi) is 21.8. The number of hydrogen-bond acceptors (Lipinski definition) is 4. The monoisotopic (exact) mass is 1010 g/mol. The summed E-state index contributed by atoms with van der Waals surface area (Å²) in [6.45, 7) is 9.36. The molecule has 7 rings (SSSR count). The Labute approximate surface area is 447 Å². The molecule has 0 N–H and O–H groups in total. The largest absolute Gasteiger partial charge is 0.328 e. The van der Waals surface area contributed by atoms with Crippen molar-refractivity contribution in [3.05, 3.63) is 70.8 Å². The maximum atomic E-state index is 14.3. The molecule has 4 amide bonds. The summed E-state index contributed by atoms with van der Waals surface area (Å²) in [6.07, 6.45) is 39.5. The summed E-state index contributed by atoms with van der Waals surface area (Å²) < 4.78 is 1.77. The topological polar surface area (TPSA) is 74.8 Å². The Morgan fingerprint density at radius 1 is 0.284 bits per heavy atom. The van der Waals surface area contributed by atoms with Gasteiger partial charge in [0.25, 0.3) is 23.6 Å². The van der Waals surface area contributed by atoms with Crippen molar-refractivity contribution in [1.82, 2.24) is 9.80 Å². The lowest BCUT2D eigenvalue weighted by Gasteiger charge is -2.33. The fourth-order valence-electron chi connectivity index (χ4n) is 12.8. The minimum Gasteiger partial charge on any atom is -0.328 e. The highest BCUT2D eigenvalue weighted by Gasteiger charge is 2.37. The molecule has 74 heavy (non-hydrogen) atoms. The zero-order chi connectivity index (χ0) is 52.5. The standard InChI is InChI=1S/C66H98N4O4/c1-7-9-11-13-15-17-19-21-23-25-27-29-31-33-47-69(3,4)49-35-45-67-63(71)55-41-37-51-53-39-43-57-62-58(44-40-54(60(53)62)52-38-42-56(64(67)72)61(55)59(51)52)66(74)68(65(57)73)46-36-50-70(5,6)48-34-32-30-28-26-24-22-20-18-16-14-12-10-8-2/h37-44H,7-36,45-50H2,1-6H3/q+2. The maximum absolute atomic E-state index is 14.3. The van der Waals surface area contributed by atoms with E-state index in [9.17, 15) is 19.2 Å². The maximum Gasteiger partial charge on any atom is 0.261 e. The van der Waals surface area contributed by atoms with Crippen LogP contribution in [0.5, 0.6) is 0 Å². The van der Waals surface area contributed by atoms with Crippen LogP contribution in [-0.4, -0.2) is 110 Å². The van der Waals surface area contributed by atoms with Gasteiger partial charge in [0.2, 0.25) is 0 Å². The summed E-state index contributed by atoms with van der Waals surface area (Å²) in [6, 6.07) is 15.6. The number of hydrogen-bond donors (Lipinski definition) is 0. The van der Waals surface area contributed by atoms with Gasteiger partial charge in [0.1, 0.15) is 0 Å². The number of nitrogens with zero attached hydrogens (tertiary/aromatic N) is 4. The Balaban J connectivity index is 0.893. The van der Waals surface area contributed by atoms with Gasteiger partial charge in [0.05, 0.1) is 54.4 Å². The van der Waals surface area contributed by atoms with E-state index in [1.807, 2.05) is 48.5 Å². The van der Waals surface area contributed by atoms with Crippen LogP contribution in [0.4, 0.5) is 0 Å². The van der Waals surface area contributed by atoms with E-state index in [1.165, 1.54) is 190 Å². The zero-order valence-electron chi connectivity index (χ0n) is 47.5. The van der Waals surface area contributed by atoms with Crippen LogP contribution in [-0.2, 0) is 0 Å². The predicted octanol–water partition coefficient (Wildman–Crippen LogP) is 16.8. The summed E-state index contributed by atoms with van der Waals surface area (Å²) in [5.74, 6) is -0.916. The molecule has 0 saturated carbocycles. The van der Waals surface area contributed by atoms with Crippen LogP contribution in [0.1, 0.15) is 248 Å². The highest BCUT2D eigenvalue weighted by atomic mass is 16.2. The van der Waals surface area contributed by atoms with E-state index in [1.54, 1.807) is 0 Å². The van der Waals surface area contributed by atoms with Gasteiger partial charge in [-0.25, -0.2) is 0 Å². The first-order valence-corrected chi connectivity index (χ1v) is 30.5. The molecule has 0 spiro atoms. The highest BCUT2D eigenvalue weighted by Crippen LogP contribution is 2.46. The van der Waals surface area contributed by atoms with Gasteiger partial charge < -0.3 is 8.97 Å². The van der Waals surface area contributed by atoms with E-state index in [4.69, 9.17) is 0 Å². The molecule has 0 bridgehead atoms. The second kappa shape index (κ2) is 28.1. The predicted molar refractivity (Wildman–Crippen MR) is 312 cm³/mol. The van der Waals surface area contributed by atoms with Crippen molar-refractivity contribution < 1.29 is 28.1 Å². The Hall–Kier alpha value is -4.40. The molecule has 0 aromatic heterocycles. The van der Waals surface area contributed by atoms with Crippen molar-refractivity contribution in [2.45, 2.75) is 206 Å². The summed E-state index contributed by atoms with van der Waals surface area (Å²) in [7, 11) is 9.10. The molecule has 404 valence electrons. The quantitative estimate of drug-likeness (QED) is 0.0130. The van der Waals surface area contributed by atoms with E-state index in [-0.39, 0.29) is 23.6 Å². The first kappa shape index (κ1) is 57.3. The number of unbranched alkanes of at least 4 members (excludes halogenated alkanes) is 26. The van der Waals surface area contributed by atoms with Gasteiger partial charge in [-0.2, -0.15) is 0 Å². The van der Waals surface area contributed by atoms with Crippen molar-refractivity contribution in [2.24, 2.45) is 0 Å². The van der Waals surface area contributed by atoms with Crippen molar-refractivity contribution >= 4 is 66.7 Å². The lowest BCUT2D eigenvalue weighted by Crippen LogP contribution is -2.45. The molecular weight excluding hydrogens is 913 g/mol. The Bertz CT molecular complexity index is 2330. The van der Waals surface area contributed by atoms with E-state index in [0.29, 0.717) is 46.1 Å². The fourth-order valence-corrected chi connectivity index (χ4v) is 12.8. The van der Waals surface area contributed by atoms with Crippen molar-refractivity contribution in [3.8, 4) is 0 Å². The molecule has 0 aliphatic carbocycles. The van der Waals surface area contributed by atoms with Crippen LogP contribution < -0.4 is 0 Å². The Morgan fingerprint density at radius 3 is 0.743 bits per heavy atom. The number of carbonyl (C=O) groups is 4. The fraction of sp³-hybridized carbons (Fsp3) is 0.636. The van der Waals surface area contributed by atoms with E-state index in [2.05, 4.69) is 42.0 Å². The number of fused-ring (bicyclic) bond motifs is 2. The highest BCUT2D eigenvalue weighted by molar-refractivity contribution is 6.41. The van der Waals surface area contributed by atoms with E-state index in [0.717, 1.165) is 80.3 Å². The van der Waals surface area contributed by atoms with E-state index < -0.39 is 0 Å². The first-order valence-electron chi connectivity index (χ1n) is 30.5. The molecule has 0 unspecified atom stereocenters. The lowest BCUT2D eigenvalue weighted by atomic mass is 9.82. The summed E-state index contributed by atoms with van der Waals surface area (Å²) in [5.41, 5.74) is 2.25. The third-order valence-corrected chi connectivity index (χ3v) is 17.3. The van der Waals surface area contributed by atoms with Crippen LogP contribution in [0.15, 0.2) is 48.5 Å². The number of amides is 4. The zero-order valence-corrected chi connectivity index (χ0v) is 47.5. The van der Waals surface area contributed by atoms with Crippen LogP contribution in [0.2, 0.25) is 0 Å². The van der Waals surface area contributed by atoms with Crippen LogP contribution >= 0.6 is 0 Å². The summed E-state index contributed by atoms with van der Waals surface area (Å²) in [5, 5.41) is 6.92. The molecule has 5 aromatic rings. The molecular formula is C66H98N4O4+2. The SMILES string of the molecule is CCCCCCCCCCCCCCCC[N+](C)(C)CCCN1C(=O)c2ccc3c4ccc5c6c(ccc(c7ccc(c2c37)C1=O)c64)C(=O)N(CCC[N+](C)(C)CCCCCCCCCCCCCCCC)C5=O. The molecule has 0 fully saturated rings. The van der Waals surface area contributed by atoms with Gasteiger partial charge in [-0.1, -0.05) is 192 Å². The number of rotatable bonds is 38. The van der Waals surface area contributed by atoms with Crippen LogP contribution in [0.25, 0.3) is 43.1 Å². The molecule has 8 nitrogen and oxygen atoms in total. The number of quaternary nitrogens is 2. The smallest absolute Gasteiger partial charge is 0.261 e. The average Bonchev–Trinajstić information content (AvgIpc) is 3.38. The van der Waals surface area contributed by atoms with Crippen LogP contribution in [0, 0.1) is 0 Å². The van der Waals surface area contributed by atoms with Crippen molar-refractivity contribution in [3.63, 3.8) is 0 Å². The molecule has 0 radical (unpaired) electrons. The molecule has 2 heterocycles. The average molecular weight is 1010 g/mol. The van der Waals surface area contributed by atoms with Gasteiger partial charge in [0.15, 0.2) is 0 Å². The second-order valence-corrected chi connectivity index (χ2v) is 24.3. The lowest BCUT2D eigenvalue weighted by molar-refractivity contribution is -0.890. The van der Waals surface area contributed by atoms with Gasteiger partial charge >= 0.3 is 0 Å². The number of imide groups is 2. The van der Waals surface area contributed by atoms with Gasteiger partial charge in [-0.3, -0.25) is 29.0 Å². The van der Waals surface area contributed by atoms with E-state index >= 15 is 0 Å². The minimum absolute atomic E-state index is 0.229. The summed E-state index contributed by atoms with van der Waals surface area (Å²) >= 11 is 0. The number of carbonyl (C=O) groups excluding carboxylic acids is 4. The van der Waals surface area contributed by atoms with Crippen LogP contribution in [0.3, 0.4) is 0 Å². The van der Waals surface area contributed by atoms with Gasteiger partial charge in [-0.05, 0) is 82.3 Å². The first-order chi connectivity index (χ1) is 35.9. The molecule has 2 aliphatic heterocycles.